The molecule has 9 heteroatoms. The molecule has 114 valence electrons. The van der Waals surface area contributed by atoms with Gasteiger partial charge in [-0.25, -0.2) is 0 Å². The molecule has 0 saturated carbocycles. The normalized spacial score (nSPS) is 12.5. The summed E-state index contributed by atoms with van der Waals surface area (Å²) in [5.74, 6) is -1.40. The predicted molar refractivity (Wildman–Crippen MR) is 71.6 cm³/mol. The van der Waals surface area contributed by atoms with E-state index in [1.807, 2.05) is 0 Å². The highest BCUT2D eigenvalue weighted by Gasteiger charge is 2.37. The fourth-order valence-corrected chi connectivity index (χ4v) is 1.91. The van der Waals surface area contributed by atoms with Gasteiger partial charge in [0, 0.05) is 11.6 Å². The van der Waals surface area contributed by atoms with E-state index in [0.29, 0.717) is 0 Å². The van der Waals surface area contributed by atoms with Crippen LogP contribution in [0.1, 0.15) is 23.6 Å². The maximum atomic E-state index is 12.8. The lowest BCUT2D eigenvalue weighted by Gasteiger charge is -2.19. The second kappa shape index (κ2) is 7.14. The summed E-state index contributed by atoms with van der Waals surface area (Å²) < 4.78 is 42.9. The highest BCUT2D eigenvalue weighted by Crippen LogP contribution is 2.42. The summed E-state index contributed by atoms with van der Waals surface area (Å²) in [6.07, 6.45) is -5.15. The average molecular weight is 379 g/mol. The minimum atomic E-state index is -4.68. The van der Waals surface area contributed by atoms with E-state index in [9.17, 15) is 23.1 Å². The molecule has 0 saturated heterocycles. The van der Waals surface area contributed by atoms with E-state index < -0.39 is 41.5 Å². The number of phenols is 1. The third-order valence-electron chi connectivity index (χ3n) is 2.46. The van der Waals surface area contributed by atoms with Crippen molar-refractivity contribution in [1.82, 2.24) is 0 Å². The van der Waals surface area contributed by atoms with Gasteiger partial charge < -0.3 is 15.6 Å². The number of ether oxygens (including phenoxy) is 1. The van der Waals surface area contributed by atoms with Crippen molar-refractivity contribution < 1.29 is 27.8 Å². The van der Waals surface area contributed by atoms with E-state index in [1.165, 1.54) is 0 Å². The number of hydrogen-bond acceptors (Lipinski definition) is 4. The number of methoxy groups -OCH3 is 1. The number of benzene rings is 1. The Morgan fingerprint density at radius 3 is 2.50 bits per heavy atom. The summed E-state index contributed by atoms with van der Waals surface area (Å²) in [4.78, 5) is 11.1. The molecule has 3 N–H and O–H groups in total. The van der Waals surface area contributed by atoms with E-state index in [1.54, 1.807) is 0 Å². The Bertz CT molecular complexity index is 497. The first kappa shape index (κ1) is 19.0. The highest BCUT2D eigenvalue weighted by molar-refractivity contribution is 9.10. The number of alkyl halides is 3. The first-order valence-electron chi connectivity index (χ1n) is 5.09. The summed E-state index contributed by atoms with van der Waals surface area (Å²) in [7, 11) is 1.10. The van der Waals surface area contributed by atoms with Crippen molar-refractivity contribution in [3.05, 3.63) is 27.7 Å². The maximum absolute atomic E-state index is 12.8. The van der Waals surface area contributed by atoms with E-state index in [2.05, 4.69) is 20.7 Å². The average Bonchev–Trinajstić information content (AvgIpc) is 2.30. The van der Waals surface area contributed by atoms with Crippen LogP contribution in [0.15, 0.2) is 16.6 Å². The van der Waals surface area contributed by atoms with Crippen molar-refractivity contribution in [3.63, 3.8) is 0 Å². The Hall–Kier alpha value is -0.990. The van der Waals surface area contributed by atoms with Crippen molar-refractivity contribution in [2.75, 3.05) is 7.11 Å². The van der Waals surface area contributed by atoms with Gasteiger partial charge in [0.15, 0.2) is 0 Å². The number of nitrogens with two attached hydrogens (primary N) is 1. The van der Waals surface area contributed by atoms with E-state index >= 15 is 0 Å². The molecular formula is C11H12BrClF3NO3. The smallest absolute Gasteiger partial charge is 0.416 e. The fraction of sp³-hybridized carbons (Fsp3) is 0.364. The predicted octanol–water partition coefficient (Wildman–Crippen LogP) is 3.16. The van der Waals surface area contributed by atoms with Gasteiger partial charge in [0.2, 0.25) is 0 Å². The van der Waals surface area contributed by atoms with Crippen molar-refractivity contribution in [2.24, 2.45) is 5.73 Å². The molecule has 0 heterocycles. The standard InChI is InChI=1S/C11H11BrF3NO3.ClH/c1-19-8(17)4-7(16)9-5(11(13,14)15)2-3-6(12)10(9)18;/h2-3,7,18H,4,16H2,1H3;1H/t7-;/m0./s1. The number of rotatable bonds is 3. The van der Waals surface area contributed by atoms with Crippen molar-refractivity contribution in [3.8, 4) is 5.75 Å². The highest BCUT2D eigenvalue weighted by atomic mass is 79.9. The van der Waals surface area contributed by atoms with Gasteiger partial charge in [0.25, 0.3) is 0 Å². The molecule has 20 heavy (non-hydrogen) atoms. The second-order valence-corrected chi connectivity index (χ2v) is 4.60. The minimum Gasteiger partial charge on any atom is -0.506 e. The summed E-state index contributed by atoms with van der Waals surface area (Å²) in [5.41, 5.74) is 3.94. The number of carbonyl (C=O) groups is 1. The lowest BCUT2D eigenvalue weighted by molar-refractivity contribution is -0.142. The van der Waals surface area contributed by atoms with Crippen LogP contribution in [0.4, 0.5) is 13.2 Å². The molecule has 0 aliphatic carbocycles. The summed E-state index contributed by atoms with van der Waals surface area (Å²) in [5, 5.41) is 9.72. The van der Waals surface area contributed by atoms with Crippen LogP contribution >= 0.6 is 28.3 Å². The van der Waals surface area contributed by atoms with Gasteiger partial charge in [-0.15, -0.1) is 12.4 Å². The second-order valence-electron chi connectivity index (χ2n) is 3.74. The Morgan fingerprint density at radius 1 is 1.50 bits per heavy atom. The Labute approximate surface area is 127 Å². The first-order valence-corrected chi connectivity index (χ1v) is 5.88. The van der Waals surface area contributed by atoms with Crippen LogP contribution in [0.3, 0.4) is 0 Å². The van der Waals surface area contributed by atoms with Crippen LogP contribution in [-0.4, -0.2) is 18.2 Å². The molecular weight excluding hydrogens is 366 g/mol. The number of phenolic OH excluding ortho intramolecular Hbond substituents is 1. The molecule has 0 amide bonds. The number of hydrogen-bond donors (Lipinski definition) is 2. The zero-order valence-electron chi connectivity index (χ0n) is 10.2. The lowest BCUT2D eigenvalue weighted by atomic mass is 9.97. The van der Waals surface area contributed by atoms with Crippen LogP contribution in [0.25, 0.3) is 0 Å². The molecule has 4 nitrogen and oxygen atoms in total. The molecule has 1 aromatic rings. The van der Waals surface area contributed by atoms with Gasteiger partial charge >= 0.3 is 12.1 Å². The zero-order chi connectivity index (χ0) is 14.8. The Kier molecular flexibility index (Phi) is 6.79. The largest absolute Gasteiger partial charge is 0.506 e. The van der Waals surface area contributed by atoms with Crippen LogP contribution in [0, 0.1) is 0 Å². The molecule has 1 rings (SSSR count). The van der Waals surface area contributed by atoms with Crippen LogP contribution < -0.4 is 5.73 Å². The minimum absolute atomic E-state index is 0. The molecule has 0 aromatic heterocycles. The Balaban J connectivity index is 0.00000361. The van der Waals surface area contributed by atoms with Gasteiger partial charge in [-0.1, -0.05) is 0 Å². The molecule has 0 fully saturated rings. The van der Waals surface area contributed by atoms with E-state index in [-0.39, 0.29) is 16.9 Å². The molecule has 1 aromatic carbocycles. The van der Waals surface area contributed by atoms with Gasteiger partial charge in [-0.05, 0) is 28.1 Å². The van der Waals surface area contributed by atoms with Gasteiger partial charge in [0.05, 0.1) is 23.6 Å². The van der Waals surface area contributed by atoms with Gasteiger partial charge in [-0.2, -0.15) is 13.2 Å². The number of aromatic hydroxyl groups is 1. The number of halogens is 5. The van der Waals surface area contributed by atoms with Crippen molar-refractivity contribution in [1.29, 1.82) is 0 Å². The van der Waals surface area contributed by atoms with Crippen LogP contribution in [-0.2, 0) is 15.7 Å². The molecule has 0 unspecified atom stereocenters. The topological polar surface area (TPSA) is 72.5 Å². The molecule has 0 aliphatic heterocycles. The van der Waals surface area contributed by atoms with Crippen molar-refractivity contribution >= 4 is 34.3 Å². The van der Waals surface area contributed by atoms with Crippen molar-refractivity contribution in [2.45, 2.75) is 18.6 Å². The van der Waals surface area contributed by atoms with Crippen LogP contribution in [0.5, 0.6) is 5.75 Å². The van der Waals surface area contributed by atoms with E-state index in [4.69, 9.17) is 5.73 Å². The zero-order valence-corrected chi connectivity index (χ0v) is 12.6. The molecule has 0 aliphatic rings. The summed E-state index contributed by atoms with van der Waals surface area (Å²) >= 11 is 2.91. The SMILES string of the molecule is COC(=O)C[C@H](N)c1c(C(F)(F)F)ccc(Br)c1O.Cl. The lowest BCUT2D eigenvalue weighted by Crippen LogP contribution is -2.21. The quantitative estimate of drug-likeness (QED) is 0.793. The number of esters is 1. The van der Waals surface area contributed by atoms with Gasteiger partial charge in [0.1, 0.15) is 5.75 Å². The fourth-order valence-electron chi connectivity index (χ4n) is 1.57. The summed E-state index contributed by atoms with van der Waals surface area (Å²) in [6.45, 7) is 0. The monoisotopic (exact) mass is 377 g/mol. The van der Waals surface area contributed by atoms with E-state index in [0.717, 1.165) is 19.2 Å². The molecule has 1 atom stereocenters. The van der Waals surface area contributed by atoms with Gasteiger partial charge in [-0.3, -0.25) is 4.79 Å². The third-order valence-corrected chi connectivity index (χ3v) is 3.10. The number of carbonyl (C=O) groups excluding carboxylic acids is 1. The summed E-state index contributed by atoms with van der Waals surface area (Å²) in [6, 6.07) is 0.532. The Morgan fingerprint density at radius 2 is 2.05 bits per heavy atom. The third kappa shape index (κ3) is 4.26. The maximum Gasteiger partial charge on any atom is 0.416 e. The molecule has 0 radical (unpaired) electrons. The first-order chi connectivity index (χ1) is 8.68. The van der Waals surface area contributed by atoms with Crippen LogP contribution in [0.2, 0.25) is 0 Å². The molecule has 0 spiro atoms. The molecule has 0 bridgehead atoms.